The first-order chi connectivity index (χ1) is 14.3. The van der Waals surface area contributed by atoms with Gasteiger partial charge in [0, 0.05) is 36.1 Å². The van der Waals surface area contributed by atoms with E-state index in [1.54, 1.807) is 63.5 Å². The van der Waals surface area contributed by atoms with Gasteiger partial charge in [0.2, 0.25) is 5.88 Å². The molecule has 1 unspecified atom stereocenters. The lowest BCUT2D eigenvalue weighted by molar-refractivity contribution is 0.0495. The van der Waals surface area contributed by atoms with E-state index in [0.717, 1.165) is 5.56 Å². The van der Waals surface area contributed by atoms with Crippen LogP contribution in [-0.2, 0) is 4.74 Å². The number of aromatic nitrogens is 2. The number of anilines is 1. The van der Waals surface area contributed by atoms with Crippen molar-refractivity contribution in [2.24, 2.45) is 0 Å². The number of pyridine rings is 1. The van der Waals surface area contributed by atoms with Crippen molar-refractivity contribution in [1.82, 2.24) is 15.5 Å². The number of Topliss-reactive ketones (excluding diaryl/α,β-unsaturated/α-hetero) is 1. The van der Waals surface area contributed by atoms with Crippen molar-refractivity contribution in [3.05, 3.63) is 66.5 Å². The quantitative estimate of drug-likeness (QED) is 0.571. The van der Waals surface area contributed by atoms with E-state index in [4.69, 9.17) is 9.26 Å². The molecule has 0 aliphatic heterocycles. The molecule has 2 heterocycles. The van der Waals surface area contributed by atoms with Gasteiger partial charge in [-0.25, -0.2) is 4.79 Å². The van der Waals surface area contributed by atoms with Crippen molar-refractivity contribution in [2.75, 3.05) is 11.9 Å². The Labute approximate surface area is 174 Å². The first kappa shape index (κ1) is 21.0. The molecule has 3 rings (SSSR count). The highest BCUT2D eigenvalue weighted by atomic mass is 16.6. The third-order valence-corrected chi connectivity index (χ3v) is 4.03. The predicted octanol–water partition coefficient (Wildman–Crippen LogP) is 3.92. The Bertz CT molecular complexity index is 981. The summed E-state index contributed by atoms with van der Waals surface area (Å²) >= 11 is 0. The largest absolute Gasteiger partial charge is 0.444 e. The topological polar surface area (TPSA) is 106 Å². The van der Waals surface area contributed by atoms with Crippen LogP contribution < -0.4 is 10.6 Å². The van der Waals surface area contributed by atoms with Gasteiger partial charge >= 0.3 is 6.09 Å². The molecular weight excluding hydrogens is 384 g/mol. The Morgan fingerprint density at radius 2 is 1.80 bits per heavy atom. The van der Waals surface area contributed by atoms with E-state index >= 15 is 0 Å². The highest BCUT2D eigenvalue weighted by Crippen LogP contribution is 2.21. The minimum Gasteiger partial charge on any atom is -0.444 e. The van der Waals surface area contributed by atoms with E-state index in [1.165, 1.54) is 0 Å². The Kier molecular flexibility index (Phi) is 6.46. The molecule has 3 aromatic rings. The molecule has 1 atom stereocenters. The van der Waals surface area contributed by atoms with Crippen LogP contribution in [0.1, 0.15) is 31.1 Å². The summed E-state index contributed by atoms with van der Waals surface area (Å²) in [4.78, 5) is 29.2. The van der Waals surface area contributed by atoms with Crippen LogP contribution in [0.3, 0.4) is 0 Å². The van der Waals surface area contributed by atoms with Crippen LogP contribution in [0.15, 0.2) is 65.4 Å². The van der Waals surface area contributed by atoms with Crippen molar-refractivity contribution in [1.29, 1.82) is 0 Å². The summed E-state index contributed by atoms with van der Waals surface area (Å²) in [7, 11) is 0. The fourth-order valence-electron chi connectivity index (χ4n) is 2.68. The normalized spacial score (nSPS) is 12.1. The summed E-state index contributed by atoms with van der Waals surface area (Å²) in [6.07, 6.45) is 2.65. The first-order valence-corrected chi connectivity index (χ1v) is 9.51. The summed E-state index contributed by atoms with van der Waals surface area (Å²) in [5.74, 6) is 0.126. The number of rotatable bonds is 7. The van der Waals surface area contributed by atoms with E-state index in [0.29, 0.717) is 17.1 Å². The van der Waals surface area contributed by atoms with Gasteiger partial charge in [0.15, 0.2) is 5.78 Å². The van der Waals surface area contributed by atoms with E-state index in [1.807, 2.05) is 18.2 Å². The summed E-state index contributed by atoms with van der Waals surface area (Å²) < 4.78 is 10.6. The minimum atomic E-state index is -0.864. The molecule has 30 heavy (non-hydrogen) atoms. The monoisotopic (exact) mass is 408 g/mol. The van der Waals surface area contributed by atoms with Crippen LogP contribution in [0.25, 0.3) is 11.3 Å². The maximum Gasteiger partial charge on any atom is 0.408 e. The van der Waals surface area contributed by atoms with Crippen molar-refractivity contribution >= 4 is 17.8 Å². The number of ether oxygens (including phenoxy) is 1. The first-order valence-electron chi connectivity index (χ1n) is 9.51. The van der Waals surface area contributed by atoms with Crippen LogP contribution >= 0.6 is 0 Å². The van der Waals surface area contributed by atoms with Crippen molar-refractivity contribution < 1.29 is 18.8 Å². The molecule has 0 spiro atoms. The number of nitrogens with one attached hydrogen (secondary N) is 2. The van der Waals surface area contributed by atoms with Gasteiger partial charge in [-0.3, -0.25) is 9.78 Å². The Morgan fingerprint density at radius 1 is 1.10 bits per heavy atom. The van der Waals surface area contributed by atoms with Crippen molar-refractivity contribution in [2.45, 2.75) is 32.4 Å². The fraction of sp³-hybridized carbons (Fsp3) is 0.273. The molecule has 0 saturated carbocycles. The molecule has 0 aliphatic rings. The van der Waals surface area contributed by atoms with E-state index < -0.39 is 17.7 Å². The summed E-state index contributed by atoms with van der Waals surface area (Å²) in [5.41, 5.74) is 1.29. The minimum absolute atomic E-state index is 0.0952. The molecule has 0 fully saturated rings. The zero-order chi connectivity index (χ0) is 21.6. The molecular formula is C22H24N4O4. The lowest BCUT2D eigenvalue weighted by Crippen LogP contribution is -2.47. The highest BCUT2D eigenvalue weighted by molar-refractivity contribution is 6.01. The third kappa shape index (κ3) is 5.91. The average Bonchev–Trinajstić information content (AvgIpc) is 3.19. The summed E-state index contributed by atoms with van der Waals surface area (Å²) in [6.45, 7) is 5.37. The maximum absolute atomic E-state index is 12.9. The number of carbonyl (C=O) groups excluding carboxylic acids is 2. The SMILES string of the molecule is CC(C)(C)OC(=O)NC(CNc1cc(-c2ccncc2)no1)C(=O)c1ccccc1. The molecule has 156 valence electrons. The number of nitrogens with zero attached hydrogens (tertiary/aromatic N) is 2. The standard InChI is InChI=1S/C22H24N4O4/c1-22(2,3)29-21(28)25-18(20(27)16-7-5-4-6-8-16)14-24-19-13-17(26-30-19)15-9-11-23-12-10-15/h4-13,18,24H,14H2,1-3H3,(H,25,28). The van der Waals surface area contributed by atoms with E-state index in [9.17, 15) is 9.59 Å². The number of ketones is 1. The molecule has 8 heteroatoms. The zero-order valence-electron chi connectivity index (χ0n) is 17.1. The average molecular weight is 408 g/mol. The predicted molar refractivity (Wildman–Crippen MR) is 112 cm³/mol. The number of alkyl carbamates (subject to hydrolysis) is 1. The van der Waals surface area contributed by atoms with Gasteiger partial charge in [-0.1, -0.05) is 35.5 Å². The van der Waals surface area contributed by atoms with Gasteiger partial charge < -0.3 is 19.9 Å². The fourth-order valence-corrected chi connectivity index (χ4v) is 2.68. The maximum atomic E-state index is 12.9. The molecule has 1 aromatic carbocycles. The second-order valence-corrected chi connectivity index (χ2v) is 7.62. The number of carbonyl (C=O) groups is 2. The molecule has 1 amide bonds. The van der Waals surface area contributed by atoms with Crippen molar-refractivity contribution in [3.63, 3.8) is 0 Å². The Balaban J connectivity index is 1.71. The van der Waals surface area contributed by atoms with Gasteiger partial charge in [-0.2, -0.15) is 0 Å². The molecule has 2 aromatic heterocycles. The number of amides is 1. The van der Waals surface area contributed by atoms with Crippen molar-refractivity contribution in [3.8, 4) is 11.3 Å². The Hall–Kier alpha value is -3.68. The molecule has 0 saturated heterocycles. The van der Waals surface area contributed by atoms with E-state index in [-0.39, 0.29) is 12.3 Å². The van der Waals surface area contributed by atoms with Gasteiger partial charge in [0.05, 0.1) is 0 Å². The molecule has 0 bridgehead atoms. The number of hydrogen-bond donors (Lipinski definition) is 2. The Morgan fingerprint density at radius 3 is 2.47 bits per heavy atom. The molecule has 2 N–H and O–H groups in total. The second-order valence-electron chi connectivity index (χ2n) is 7.62. The smallest absolute Gasteiger partial charge is 0.408 e. The number of hydrogen-bond acceptors (Lipinski definition) is 7. The molecule has 0 radical (unpaired) electrons. The van der Waals surface area contributed by atoms with Gasteiger partial charge in [0.25, 0.3) is 0 Å². The second kappa shape index (κ2) is 9.21. The van der Waals surface area contributed by atoms with Crippen LogP contribution in [0.5, 0.6) is 0 Å². The van der Waals surface area contributed by atoms with Crippen LogP contribution in [-0.4, -0.2) is 40.2 Å². The van der Waals surface area contributed by atoms with Gasteiger partial charge in [0.1, 0.15) is 17.3 Å². The number of benzene rings is 1. The molecule has 8 nitrogen and oxygen atoms in total. The highest BCUT2D eigenvalue weighted by Gasteiger charge is 2.25. The van der Waals surface area contributed by atoms with Crippen LogP contribution in [0.4, 0.5) is 10.7 Å². The lowest BCUT2D eigenvalue weighted by atomic mass is 10.0. The van der Waals surface area contributed by atoms with E-state index in [2.05, 4.69) is 20.8 Å². The zero-order valence-corrected chi connectivity index (χ0v) is 17.1. The lowest BCUT2D eigenvalue weighted by Gasteiger charge is -2.23. The van der Waals surface area contributed by atoms with Crippen LogP contribution in [0.2, 0.25) is 0 Å². The third-order valence-electron chi connectivity index (χ3n) is 4.03. The van der Waals surface area contributed by atoms with Crippen LogP contribution in [0, 0.1) is 0 Å². The summed E-state index contributed by atoms with van der Waals surface area (Å²) in [6, 6.07) is 13.2. The van der Waals surface area contributed by atoms with Gasteiger partial charge in [-0.05, 0) is 32.9 Å². The molecule has 0 aliphatic carbocycles. The summed E-state index contributed by atoms with van der Waals surface area (Å²) in [5, 5.41) is 9.67. The van der Waals surface area contributed by atoms with Gasteiger partial charge in [-0.15, -0.1) is 0 Å².